The Balaban J connectivity index is 1.67. The fourth-order valence-electron chi connectivity index (χ4n) is 2.57. The minimum atomic E-state index is -0.184. The van der Waals surface area contributed by atoms with Crippen LogP contribution in [0.5, 0.6) is 0 Å². The van der Waals surface area contributed by atoms with Gasteiger partial charge < -0.3 is 5.32 Å². The van der Waals surface area contributed by atoms with Crippen molar-refractivity contribution < 1.29 is 9.59 Å². The summed E-state index contributed by atoms with van der Waals surface area (Å²) in [5, 5.41) is 3.64. The average molecular weight is 410 g/mol. The third-order valence-corrected chi connectivity index (χ3v) is 4.94. The van der Waals surface area contributed by atoms with Crippen molar-refractivity contribution >= 4 is 46.7 Å². The molecule has 0 aromatic heterocycles. The summed E-state index contributed by atoms with van der Waals surface area (Å²) in [6.45, 7) is 1.94. The van der Waals surface area contributed by atoms with Gasteiger partial charge in [0.1, 0.15) is 0 Å². The quantitative estimate of drug-likeness (QED) is 0.388. The molecular formula is C23H17Cl2NO2. The number of hydrogen-bond donors (Lipinski definition) is 1. The number of aryl methyl sites for hydroxylation is 1. The molecule has 0 atom stereocenters. The maximum absolute atomic E-state index is 12.4. The summed E-state index contributed by atoms with van der Waals surface area (Å²) in [5.74, 6) is -0.364. The highest BCUT2D eigenvalue weighted by atomic mass is 35.5. The van der Waals surface area contributed by atoms with Crippen LogP contribution in [0.4, 0.5) is 5.69 Å². The highest BCUT2D eigenvalue weighted by Gasteiger charge is 2.08. The van der Waals surface area contributed by atoms with Crippen LogP contribution in [-0.4, -0.2) is 11.7 Å². The lowest BCUT2D eigenvalue weighted by Gasteiger charge is -2.08. The molecule has 0 aliphatic heterocycles. The Kier molecular flexibility index (Phi) is 6.30. The lowest BCUT2D eigenvalue weighted by Crippen LogP contribution is -2.12. The Morgan fingerprint density at radius 3 is 2.21 bits per heavy atom. The van der Waals surface area contributed by atoms with Crippen LogP contribution >= 0.6 is 23.2 Å². The fraction of sp³-hybridized carbons (Fsp3) is 0.0435. The number of carbonyl (C=O) groups excluding carboxylic acids is 2. The summed E-state index contributed by atoms with van der Waals surface area (Å²) in [7, 11) is 0. The van der Waals surface area contributed by atoms with Crippen LogP contribution in [0.2, 0.25) is 10.0 Å². The van der Waals surface area contributed by atoms with Crippen LogP contribution in [0, 0.1) is 6.92 Å². The Labute approximate surface area is 173 Å². The zero-order chi connectivity index (χ0) is 20.1. The maximum Gasteiger partial charge on any atom is 0.255 e. The second-order valence-corrected chi connectivity index (χ2v) is 7.03. The molecule has 0 saturated heterocycles. The molecule has 0 bridgehead atoms. The molecule has 140 valence electrons. The van der Waals surface area contributed by atoms with Gasteiger partial charge in [0.15, 0.2) is 5.78 Å². The normalized spacial score (nSPS) is 10.8. The first-order valence-corrected chi connectivity index (χ1v) is 9.34. The van der Waals surface area contributed by atoms with Gasteiger partial charge in [0.05, 0.1) is 10.0 Å². The Bertz CT molecular complexity index is 1060. The lowest BCUT2D eigenvalue weighted by atomic mass is 10.1. The minimum absolute atomic E-state index is 0.181. The molecule has 3 rings (SSSR count). The predicted molar refractivity (Wildman–Crippen MR) is 115 cm³/mol. The molecule has 3 aromatic carbocycles. The van der Waals surface area contributed by atoms with Crippen molar-refractivity contribution in [3.05, 3.63) is 105 Å². The maximum atomic E-state index is 12.4. The topological polar surface area (TPSA) is 46.2 Å². The van der Waals surface area contributed by atoms with E-state index in [9.17, 15) is 9.59 Å². The number of ketones is 1. The second kappa shape index (κ2) is 8.87. The Hall–Kier alpha value is -2.88. The molecule has 0 fully saturated rings. The van der Waals surface area contributed by atoms with Crippen molar-refractivity contribution in [1.82, 2.24) is 0 Å². The fourth-order valence-corrected chi connectivity index (χ4v) is 2.87. The molecule has 3 nitrogen and oxygen atoms in total. The van der Waals surface area contributed by atoms with E-state index in [0.717, 1.165) is 16.8 Å². The molecule has 5 heteroatoms. The van der Waals surface area contributed by atoms with E-state index in [2.05, 4.69) is 5.32 Å². The van der Waals surface area contributed by atoms with E-state index in [1.54, 1.807) is 42.5 Å². The van der Waals surface area contributed by atoms with E-state index in [-0.39, 0.29) is 11.7 Å². The van der Waals surface area contributed by atoms with E-state index >= 15 is 0 Å². The zero-order valence-corrected chi connectivity index (χ0v) is 16.6. The number of benzene rings is 3. The number of halogens is 2. The second-order valence-electron chi connectivity index (χ2n) is 6.22. The molecular weight excluding hydrogens is 393 g/mol. The number of rotatable bonds is 5. The van der Waals surface area contributed by atoms with Gasteiger partial charge in [-0.25, -0.2) is 0 Å². The largest absolute Gasteiger partial charge is 0.322 e. The average Bonchev–Trinajstić information content (AvgIpc) is 2.70. The van der Waals surface area contributed by atoms with Crippen molar-refractivity contribution in [3.63, 3.8) is 0 Å². The summed E-state index contributed by atoms with van der Waals surface area (Å²) in [6.07, 6.45) is 3.15. The third-order valence-electron chi connectivity index (χ3n) is 4.20. The third kappa shape index (κ3) is 4.89. The van der Waals surface area contributed by atoms with E-state index in [0.29, 0.717) is 21.2 Å². The molecule has 0 saturated carbocycles. The summed E-state index contributed by atoms with van der Waals surface area (Å²) in [5.41, 5.74) is 3.58. The molecule has 0 radical (unpaired) electrons. The molecule has 0 unspecified atom stereocenters. The number of nitrogens with one attached hydrogen (secondary N) is 1. The number of carbonyl (C=O) groups is 2. The first-order chi connectivity index (χ1) is 13.4. The van der Waals surface area contributed by atoms with Gasteiger partial charge in [0, 0.05) is 16.8 Å². The minimum Gasteiger partial charge on any atom is -0.322 e. The lowest BCUT2D eigenvalue weighted by molar-refractivity contribution is 0.102. The highest BCUT2D eigenvalue weighted by molar-refractivity contribution is 6.42. The van der Waals surface area contributed by atoms with Gasteiger partial charge in [-0.15, -0.1) is 0 Å². The molecule has 3 aromatic rings. The zero-order valence-electron chi connectivity index (χ0n) is 15.1. The van der Waals surface area contributed by atoms with Crippen LogP contribution in [0.1, 0.15) is 31.8 Å². The summed E-state index contributed by atoms with van der Waals surface area (Å²) in [4.78, 5) is 24.6. The molecule has 0 spiro atoms. The summed E-state index contributed by atoms with van der Waals surface area (Å²) < 4.78 is 0. The van der Waals surface area contributed by atoms with Crippen LogP contribution in [0.15, 0.2) is 72.8 Å². The number of allylic oxidation sites excluding steroid dienone is 1. The van der Waals surface area contributed by atoms with Crippen LogP contribution in [-0.2, 0) is 0 Å². The molecule has 28 heavy (non-hydrogen) atoms. The van der Waals surface area contributed by atoms with Gasteiger partial charge in [0.25, 0.3) is 5.91 Å². The van der Waals surface area contributed by atoms with Gasteiger partial charge in [-0.2, -0.15) is 0 Å². The van der Waals surface area contributed by atoms with Crippen LogP contribution in [0.3, 0.4) is 0 Å². The first-order valence-electron chi connectivity index (χ1n) is 8.58. The molecule has 0 aliphatic carbocycles. The van der Waals surface area contributed by atoms with Crippen LogP contribution < -0.4 is 5.32 Å². The van der Waals surface area contributed by atoms with E-state index in [4.69, 9.17) is 23.2 Å². The summed E-state index contributed by atoms with van der Waals surface area (Å²) >= 11 is 11.8. The monoisotopic (exact) mass is 409 g/mol. The Morgan fingerprint density at radius 2 is 1.54 bits per heavy atom. The Morgan fingerprint density at radius 1 is 0.857 bits per heavy atom. The van der Waals surface area contributed by atoms with Gasteiger partial charge in [-0.1, -0.05) is 59.6 Å². The highest BCUT2D eigenvalue weighted by Crippen LogP contribution is 2.23. The van der Waals surface area contributed by atoms with Crippen molar-refractivity contribution in [1.29, 1.82) is 0 Å². The smallest absolute Gasteiger partial charge is 0.255 e. The first kappa shape index (κ1) is 19.9. The molecule has 1 N–H and O–H groups in total. The molecule has 0 aliphatic rings. The van der Waals surface area contributed by atoms with E-state index in [1.807, 2.05) is 31.2 Å². The van der Waals surface area contributed by atoms with Gasteiger partial charge in [-0.05, 0) is 60.5 Å². The SMILES string of the molecule is Cc1ccccc1NC(=O)c1ccc(/C=C/C(=O)c2ccc(Cl)c(Cl)c2)cc1. The van der Waals surface area contributed by atoms with Crippen molar-refractivity contribution in [2.24, 2.45) is 0 Å². The number of hydrogen-bond acceptors (Lipinski definition) is 2. The summed E-state index contributed by atoms with van der Waals surface area (Å²) in [6, 6.07) is 19.4. The van der Waals surface area contributed by atoms with E-state index in [1.165, 1.54) is 12.1 Å². The standard InChI is InChI=1S/C23H17Cl2NO2/c1-15-4-2-3-5-21(15)26-23(28)17-9-6-16(7-10-17)8-13-22(27)18-11-12-19(24)20(25)14-18/h2-14H,1H3,(H,26,28)/b13-8+. The van der Waals surface area contributed by atoms with Gasteiger partial charge >= 0.3 is 0 Å². The van der Waals surface area contributed by atoms with Crippen molar-refractivity contribution in [2.75, 3.05) is 5.32 Å². The van der Waals surface area contributed by atoms with Gasteiger partial charge in [-0.3, -0.25) is 9.59 Å². The number of anilines is 1. The molecule has 0 heterocycles. The number of amides is 1. The number of para-hydroxylation sites is 1. The van der Waals surface area contributed by atoms with E-state index < -0.39 is 0 Å². The van der Waals surface area contributed by atoms with Crippen molar-refractivity contribution in [2.45, 2.75) is 6.92 Å². The van der Waals surface area contributed by atoms with Crippen LogP contribution in [0.25, 0.3) is 6.08 Å². The van der Waals surface area contributed by atoms with Gasteiger partial charge in [0.2, 0.25) is 0 Å². The molecule has 1 amide bonds. The predicted octanol–water partition coefficient (Wildman–Crippen LogP) is 6.45. The van der Waals surface area contributed by atoms with Crippen molar-refractivity contribution in [3.8, 4) is 0 Å².